The van der Waals surface area contributed by atoms with E-state index < -0.39 is 43.4 Å². The molecule has 6 atom stereocenters. The molecule has 1 aliphatic rings. The maximum absolute atomic E-state index is 12.6. The Morgan fingerprint density at radius 3 is 1.89 bits per heavy atom. The maximum atomic E-state index is 12.6. The van der Waals surface area contributed by atoms with Crippen LogP contribution in [0.4, 0.5) is 0 Å². The molecule has 0 amide bonds. The highest BCUT2D eigenvalue weighted by atomic mass is 16.7. The number of carbonyl (C=O) groups excluding carboxylic acids is 1. The van der Waals surface area contributed by atoms with E-state index in [2.05, 4.69) is 38.2 Å². The van der Waals surface area contributed by atoms with Gasteiger partial charge in [-0.05, 0) is 51.4 Å². The number of esters is 1. The summed E-state index contributed by atoms with van der Waals surface area (Å²) in [5.74, 6) is -0.330. The van der Waals surface area contributed by atoms with Crippen molar-refractivity contribution in [1.82, 2.24) is 0 Å². The Labute approximate surface area is 273 Å². The third-order valence-corrected chi connectivity index (χ3v) is 8.07. The van der Waals surface area contributed by atoms with Crippen LogP contribution in [0.2, 0.25) is 0 Å². The number of unbranched alkanes of at least 4 members (excludes halogenated alkanes) is 14. The predicted molar refractivity (Wildman–Crippen MR) is 178 cm³/mol. The van der Waals surface area contributed by atoms with Crippen LogP contribution in [0.3, 0.4) is 0 Å². The van der Waals surface area contributed by atoms with E-state index in [0.717, 1.165) is 70.6 Å². The van der Waals surface area contributed by atoms with E-state index in [1.165, 1.54) is 44.9 Å². The van der Waals surface area contributed by atoms with E-state index >= 15 is 0 Å². The molecular weight excluding hydrogens is 576 g/mol. The minimum Gasteiger partial charge on any atom is -0.457 e. The van der Waals surface area contributed by atoms with Gasteiger partial charge in [0.05, 0.1) is 19.8 Å². The Hall–Kier alpha value is -1.33. The second-order valence-electron chi connectivity index (χ2n) is 12.3. The topological polar surface area (TPSA) is 135 Å². The molecule has 1 fully saturated rings. The molecule has 6 unspecified atom stereocenters. The lowest BCUT2D eigenvalue weighted by Crippen LogP contribution is -2.59. The number of allylic oxidation sites excluding steroid dienone is 4. The van der Waals surface area contributed by atoms with Crippen LogP contribution >= 0.6 is 0 Å². The van der Waals surface area contributed by atoms with Gasteiger partial charge < -0.3 is 39.4 Å². The van der Waals surface area contributed by atoms with E-state index in [9.17, 15) is 25.2 Å². The molecule has 264 valence electrons. The first-order valence-electron chi connectivity index (χ1n) is 17.9. The molecule has 0 bridgehead atoms. The molecule has 1 aliphatic heterocycles. The van der Waals surface area contributed by atoms with Crippen LogP contribution in [0.25, 0.3) is 0 Å². The molecule has 0 radical (unpaired) electrons. The molecule has 1 saturated heterocycles. The number of aliphatic hydroxyl groups is 4. The normalized spacial score (nSPS) is 22.8. The molecule has 0 aromatic rings. The first-order chi connectivity index (χ1) is 21.9. The van der Waals surface area contributed by atoms with E-state index in [-0.39, 0.29) is 19.2 Å². The van der Waals surface area contributed by atoms with Gasteiger partial charge >= 0.3 is 5.97 Å². The first kappa shape index (κ1) is 41.7. The molecule has 0 aromatic heterocycles. The van der Waals surface area contributed by atoms with Crippen LogP contribution in [0, 0.1) is 0 Å². The predicted octanol–water partition coefficient (Wildman–Crippen LogP) is 6.30. The molecule has 45 heavy (non-hydrogen) atoms. The average molecular weight is 643 g/mol. The largest absolute Gasteiger partial charge is 0.457 e. The van der Waals surface area contributed by atoms with E-state index in [1.807, 2.05) is 0 Å². The number of aliphatic hydroxyl groups excluding tert-OH is 4. The van der Waals surface area contributed by atoms with Crippen LogP contribution in [-0.4, -0.2) is 89.6 Å². The minimum atomic E-state index is -1.53. The van der Waals surface area contributed by atoms with Gasteiger partial charge in [0.2, 0.25) is 0 Å². The lowest BCUT2D eigenvalue weighted by Gasteiger charge is -2.39. The molecule has 9 heteroatoms. The Balaban J connectivity index is 2.37. The van der Waals surface area contributed by atoms with Gasteiger partial charge in [-0.25, -0.2) is 0 Å². The van der Waals surface area contributed by atoms with Crippen LogP contribution in [0.15, 0.2) is 24.3 Å². The maximum Gasteiger partial charge on any atom is 0.306 e. The first-order valence-corrected chi connectivity index (χ1v) is 17.9. The average Bonchev–Trinajstić information content (AvgIpc) is 3.04. The van der Waals surface area contributed by atoms with Gasteiger partial charge in [0.1, 0.15) is 30.5 Å². The van der Waals surface area contributed by atoms with Crippen molar-refractivity contribution >= 4 is 5.97 Å². The van der Waals surface area contributed by atoms with Gasteiger partial charge in [0.15, 0.2) is 6.29 Å². The van der Waals surface area contributed by atoms with Crippen molar-refractivity contribution in [1.29, 1.82) is 0 Å². The van der Waals surface area contributed by atoms with Crippen molar-refractivity contribution in [3.05, 3.63) is 24.3 Å². The van der Waals surface area contributed by atoms with Gasteiger partial charge in [-0.15, -0.1) is 0 Å². The fraction of sp³-hybridized carbons (Fsp3) is 0.861. The molecular formula is C36H66O9. The zero-order valence-electron chi connectivity index (χ0n) is 28.4. The zero-order chi connectivity index (χ0) is 33.0. The van der Waals surface area contributed by atoms with Crippen LogP contribution in [0.5, 0.6) is 0 Å². The summed E-state index contributed by atoms with van der Waals surface area (Å²) in [5.41, 5.74) is 0. The van der Waals surface area contributed by atoms with Crippen molar-refractivity contribution < 1.29 is 44.2 Å². The van der Waals surface area contributed by atoms with E-state index in [0.29, 0.717) is 13.0 Å². The van der Waals surface area contributed by atoms with Crippen molar-refractivity contribution in [3.63, 3.8) is 0 Å². The second kappa shape index (κ2) is 28.9. The highest BCUT2D eigenvalue weighted by molar-refractivity contribution is 5.69. The molecule has 0 spiro atoms. The molecule has 1 heterocycles. The summed E-state index contributed by atoms with van der Waals surface area (Å²) in [7, 11) is 0. The number of rotatable bonds is 29. The molecule has 4 N–H and O–H groups in total. The number of hydrogen-bond donors (Lipinski definition) is 4. The summed E-state index contributed by atoms with van der Waals surface area (Å²) in [4.78, 5) is 12.6. The summed E-state index contributed by atoms with van der Waals surface area (Å²) in [5, 5.41) is 39.8. The van der Waals surface area contributed by atoms with E-state index in [1.54, 1.807) is 0 Å². The van der Waals surface area contributed by atoms with E-state index in [4.69, 9.17) is 18.9 Å². The van der Waals surface area contributed by atoms with Gasteiger partial charge in [-0.2, -0.15) is 0 Å². The molecule has 0 aliphatic carbocycles. The number of carbonyl (C=O) groups is 1. The summed E-state index contributed by atoms with van der Waals surface area (Å²) < 4.78 is 22.6. The summed E-state index contributed by atoms with van der Waals surface area (Å²) in [6, 6.07) is 0. The summed E-state index contributed by atoms with van der Waals surface area (Å²) >= 11 is 0. The zero-order valence-corrected chi connectivity index (χ0v) is 28.4. The van der Waals surface area contributed by atoms with Gasteiger partial charge in [-0.1, -0.05) is 102 Å². The smallest absolute Gasteiger partial charge is 0.306 e. The van der Waals surface area contributed by atoms with Crippen molar-refractivity contribution in [2.45, 2.75) is 173 Å². The Morgan fingerprint density at radius 1 is 0.689 bits per heavy atom. The second-order valence-corrected chi connectivity index (χ2v) is 12.3. The summed E-state index contributed by atoms with van der Waals surface area (Å²) in [6.07, 6.45) is 22.1. The van der Waals surface area contributed by atoms with Crippen molar-refractivity contribution in [3.8, 4) is 0 Å². The minimum absolute atomic E-state index is 0.118. The van der Waals surface area contributed by atoms with Gasteiger partial charge in [-0.3, -0.25) is 4.79 Å². The summed E-state index contributed by atoms with van der Waals surface area (Å²) in [6.45, 7) is 4.41. The lowest BCUT2D eigenvalue weighted by molar-refractivity contribution is -0.305. The Kier molecular flexibility index (Phi) is 26.7. The monoisotopic (exact) mass is 642 g/mol. The SMILES string of the molecule is CCC/C=C\CCCCCCCC(=O)OC(COCCCCCCCC/C=C\CCCC)COC1OC(CO)C(O)C(O)C1O. The van der Waals surface area contributed by atoms with Crippen molar-refractivity contribution in [2.75, 3.05) is 26.4 Å². The number of ether oxygens (including phenoxy) is 4. The molecule has 1 rings (SSSR count). The Morgan fingerprint density at radius 2 is 1.27 bits per heavy atom. The fourth-order valence-corrected chi connectivity index (χ4v) is 5.18. The van der Waals surface area contributed by atoms with Gasteiger partial charge in [0, 0.05) is 13.0 Å². The van der Waals surface area contributed by atoms with Gasteiger partial charge in [0.25, 0.3) is 0 Å². The molecule has 9 nitrogen and oxygen atoms in total. The molecule has 0 saturated carbocycles. The van der Waals surface area contributed by atoms with Crippen LogP contribution in [0.1, 0.15) is 136 Å². The van der Waals surface area contributed by atoms with Crippen molar-refractivity contribution in [2.24, 2.45) is 0 Å². The lowest BCUT2D eigenvalue weighted by atomic mass is 9.99. The highest BCUT2D eigenvalue weighted by Gasteiger charge is 2.44. The number of hydrogen-bond acceptors (Lipinski definition) is 9. The Bertz CT molecular complexity index is 742. The molecule has 0 aromatic carbocycles. The third-order valence-electron chi connectivity index (χ3n) is 8.07. The van der Waals surface area contributed by atoms with Crippen LogP contribution < -0.4 is 0 Å². The fourth-order valence-electron chi connectivity index (χ4n) is 5.18. The highest BCUT2D eigenvalue weighted by Crippen LogP contribution is 2.22. The third kappa shape index (κ3) is 21.2. The quantitative estimate of drug-likeness (QED) is 0.0421. The standard InChI is InChI=1S/C36H66O9/c1-3-5-7-9-11-13-15-16-18-20-22-24-26-42-28-30(29-43-36-35(41)34(40)33(39)31(27-37)45-36)44-32(38)25-23-21-19-17-14-12-10-8-6-4-2/h8-11,30-31,33-37,39-41H,3-7,12-29H2,1-2H3/b10-8-,11-9-. The van der Waals surface area contributed by atoms with Crippen LogP contribution in [-0.2, 0) is 23.7 Å².